The number of ether oxygens (including phenoxy) is 3. The van der Waals surface area contributed by atoms with Gasteiger partial charge in [0.05, 0.1) is 0 Å². The van der Waals surface area contributed by atoms with Crippen LogP contribution < -0.4 is 0 Å². The van der Waals surface area contributed by atoms with Crippen molar-refractivity contribution in [3.63, 3.8) is 0 Å². The summed E-state index contributed by atoms with van der Waals surface area (Å²) in [6.45, 7) is 6.53. The first-order valence-electron chi connectivity index (χ1n) is 35.9. The summed E-state index contributed by atoms with van der Waals surface area (Å²) in [5.74, 6) is -0.868. The molecule has 0 amide bonds. The number of allylic oxidation sites excluding steroid dienone is 12. The molecule has 0 saturated carbocycles. The fraction of sp³-hybridized carbons (Fsp3) is 0.803. The Hall–Kier alpha value is -3.15. The van der Waals surface area contributed by atoms with Gasteiger partial charge in [0.25, 0.3) is 0 Å². The topological polar surface area (TPSA) is 78.9 Å². The summed E-state index contributed by atoms with van der Waals surface area (Å²) in [6.07, 6.45) is 92.4. The largest absolute Gasteiger partial charge is 0.462 e. The van der Waals surface area contributed by atoms with E-state index >= 15 is 0 Å². The number of carbonyl (C=O) groups excluding carboxylic acids is 3. The number of unbranched alkanes of at least 4 members (excludes halogenated alkanes) is 43. The van der Waals surface area contributed by atoms with Crippen LogP contribution in [-0.2, 0) is 28.6 Å². The lowest BCUT2D eigenvalue weighted by Gasteiger charge is -2.18. The molecule has 0 heterocycles. The van der Waals surface area contributed by atoms with Crippen molar-refractivity contribution in [2.75, 3.05) is 13.2 Å². The second-order valence-electron chi connectivity index (χ2n) is 24.1. The Bertz CT molecular complexity index is 1500. The van der Waals surface area contributed by atoms with Gasteiger partial charge in [0, 0.05) is 19.3 Å². The molecule has 0 aromatic rings. The van der Waals surface area contributed by atoms with Gasteiger partial charge >= 0.3 is 17.9 Å². The van der Waals surface area contributed by atoms with Gasteiger partial charge < -0.3 is 14.2 Å². The van der Waals surface area contributed by atoms with Crippen LogP contribution in [0.4, 0.5) is 0 Å². The fourth-order valence-corrected chi connectivity index (χ4v) is 10.5. The maximum atomic E-state index is 12.9. The standard InChI is InChI=1S/C76H136O6/c1-4-7-10-13-16-19-22-24-26-28-30-31-32-33-34-35-36-37-38-39-40-41-42-43-44-45-46-48-49-51-54-57-60-63-66-69-75(78)81-72-73(71-80-74(77)68-65-62-59-56-53-21-18-15-12-9-6-3)82-76(79)70-67-64-61-58-55-52-50-47-29-27-25-23-20-17-14-11-8-5-2/h7,10,15-16,18-19,24,26-27,29-31,73H,4-6,8-9,11-14,17,20-23,25,28,32-72H2,1-3H3/b10-7-,18-15-,19-16-,26-24-,29-27-,31-30-. The van der Waals surface area contributed by atoms with E-state index in [4.69, 9.17) is 14.2 Å². The van der Waals surface area contributed by atoms with Crippen molar-refractivity contribution >= 4 is 17.9 Å². The van der Waals surface area contributed by atoms with E-state index in [-0.39, 0.29) is 31.1 Å². The SMILES string of the molecule is CC/C=C\C/C=C\C/C=C\C/C=C\CCCCCCCCCCCCCCCCCCCCCCCCC(=O)OCC(COC(=O)CCCCCCC/C=C\CCCC)OC(=O)CCCCCCCCC/C=C\CCCCCCCCC. The average molecular weight is 1150 g/mol. The third-order valence-electron chi connectivity index (χ3n) is 15.9. The zero-order valence-corrected chi connectivity index (χ0v) is 54.8. The minimum Gasteiger partial charge on any atom is -0.462 e. The summed E-state index contributed by atoms with van der Waals surface area (Å²) in [5, 5.41) is 0. The Morgan fingerprint density at radius 3 is 0.793 bits per heavy atom. The highest BCUT2D eigenvalue weighted by Crippen LogP contribution is 2.18. The van der Waals surface area contributed by atoms with Crippen molar-refractivity contribution in [2.45, 2.75) is 380 Å². The molecule has 1 unspecified atom stereocenters. The smallest absolute Gasteiger partial charge is 0.306 e. The van der Waals surface area contributed by atoms with Crippen molar-refractivity contribution in [1.82, 2.24) is 0 Å². The molecule has 0 aliphatic carbocycles. The van der Waals surface area contributed by atoms with Gasteiger partial charge in [-0.05, 0) is 103 Å². The predicted molar refractivity (Wildman–Crippen MR) is 358 cm³/mol. The number of hydrogen-bond acceptors (Lipinski definition) is 6. The molecule has 0 spiro atoms. The van der Waals surface area contributed by atoms with Gasteiger partial charge in [-0.25, -0.2) is 0 Å². The molecule has 82 heavy (non-hydrogen) atoms. The molecule has 476 valence electrons. The highest BCUT2D eigenvalue weighted by atomic mass is 16.6. The first-order chi connectivity index (χ1) is 40.5. The first-order valence-corrected chi connectivity index (χ1v) is 35.9. The molecule has 0 N–H and O–H groups in total. The van der Waals surface area contributed by atoms with Gasteiger partial charge in [-0.2, -0.15) is 0 Å². The first kappa shape index (κ1) is 78.8. The summed E-state index contributed by atoms with van der Waals surface area (Å²) < 4.78 is 16.9. The van der Waals surface area contributed by atoms with Gasteiger partial charge in [-0.1, -0.05) is 325 Å². The zero-order valence-electron chi connectivity index (χ0n) is 54.8. The van der Waals surface area contributed by atoms with Gasteiger partial charge in [-0.15, -0.1) is 0 Å². The summed E-state index contributed by atoms with van der Waals surface area (Å²) in [7, 11) is 0. The molecule has 0 aromatic heterocycles. The normalized spacial score (nSPS) is 12.5. The Morgan fingerprint density at radius 1 is 0.256 bits per heavy atom. The molecule has 0 rings (SSSR count). The third-order valence-corrected chi connectivity index (χ3v) is 15.9. The molecule has 0 aromatic carbocycles. The van der Waals surface area contributed by atoms with Gasteiger partial charge in [0.1, 0.15) is 13.2 Å². The van der Waals surface area contributed by atoms with E-state index in [9.17, 15) is 14.4 Å². The molecule has 0 saturated heterocycles. The van der Waals surface area contributed by atoms with Crippen LogP contribution in [-0.4, -0.2) is 37.2 Å². The van der Waals surface area contributed by atoms with Crippen LogP contribution in [0.25, 0.3) is 0 Å². The second kappa shape index (κ2) is 70.3. The number of rotatable bonds is 66. The highest BCUT2D eigenvalue weighted by Gasteiger charge is 2.19. The molecular formula is C76H136O6. The third kappa shape index (κ3) is 67.6. The maximum absolute atomic E-state index is 12.9. The predicted octanol–water partition coefficient (Wildman–Crippen LogP) is 24.8. The van der Waals surface area contributed by atoms with Crippen LogP contribution in [0.5, 0.6) is 0 Å². The van der Waals surface area contributed by atoms with E-state index < -0.39 is 6.10 Å². The van der Waals surface area contributed by atoms with Crippen LogP contribution >= 0.6 is 0 Å². The summed E-state index contributed by atoms with van der Waals surface area (Å²) in [6, 6.07) is 0. The molecule has 0 fully saturated rings. The monoisotopic (exact) mass is 1150 g/mol. The van der Waals surface area contributed by atoms with E-state index in [1.807, 2.05) is 0 Å². The molecule has 1 atom stereocenters. The highest BCUT2D eigenvalue weighted by molar-refractivity contribution is 5.71. The molecule has 6 nitrogen and oxygen atoms in total. The average Bonchev–Trinajstić information content (AvgIpc) is 3.47. The van der Waals surface area contributed by atoms with Crippen molar-refractivity contribution in [1.29, 1.82) is 0 Å². The van der Waals surface area contributed by atoms with Crippen LogP contribution in [0.15, 0.2) is 72.9 Å². The van der Waals surface area contributed by atoms with E-state index in [1.165, 1.54) is 244 Å². The van der Waals surface area contributed by atoms with Crippen molar-refractivity contribution < 1.29 is 28.6 Å². The Kier molecular flexibility index (Phi) is 67.6. The van der Waals surface area contributed by atoms with Gasteiger partial charge in [0.15, 0.2) is 6.10 Å². The molecule has 0 aliphatic heterocycles. The molecule has 0 bridgehead atoms. The van der Waals surface area contributed by atoms with Crippen molar-refractivity contribution in [3.8, 4) is 0 Å². The molecule has 0 radical (unpaired) electrons. The zero-order chi connectivity index (χ0) is 59.2. The Morgan fingerprint density at radius 2 is 0.488 bits per heavy atom. The molecular weight excluding hydrogens is 1010 g/mol. The van der Waals surface area contributed by atoms with E-state index in [2.05, 4.69) is 93.7 Å². The van der Waals surface area contributed by atoms with Crippen LogP contribution in [0.3, 0.4) is 0 Å². The van der Waals surface area contributed by atoms with Crippen molar-refractivity contribution in [3.05, 3.63) is 72.9 Å². The fourth-order valence-electron chi connectivity index (χ4n) is 10.5. The number of carbonyl (C=O) groups is 3. The van der Waals surface area contributed by atoms with Crippen LogP contribution in [0.2, 0.25) is 0 Å². The summed E-state index contributed by atoms with van der Waals surface area (Å²) >= 11 is 0. The van der Waals surface area contributed by atoms with E-state index in [1.54, 1.807) is 0 Å². The van der Waals surface area contributed by atoms with Gasteiger partial charge in [0.2, 0.25) is 0 Å². The second-order valence-corrected chi connectivity index (χ2v) is 24.1. The molecule has 6 heteroatoms. The number of hydrogen-bond donors (Lipinski definition) is 0. The summed E-state index contributed by atoms with van der Waals surface area (Å²) in [5.41, 5.74) is 0. The van der Waals surface area contributed by atoms with Gasteiger partial charge in [-0.3, -0.25) is 14.4 Å². The maximum Gasteiger partial charge on any atom is 0.306 e. The quantitative estimate of drug-likeness (QED) is 0.0261. The minimum absolute atomic E-state index is 0.0745. The summed E-state index contributed by atoms with van der Waals surface area (Å²) in [4.78, 5) is 38.3. The van der Waals surface area contributed by atoms with Crippen LogP contribution in [0, 0.1) is 0 Å². The lowest BCUT2D eigenvalue weighted by Crippen LogP contribution is -2.30. The van der Waals surface area contributed by atoms with Crippen molar-refractivity contribution in [2.24, 2.45) is 0 Å². The lowest BCUT2D eigenvalue weighted by atomic mass is 10.0. The van der Waals surface area contributed by atoms with Crippen LogP contribution in [0.1, 0.15) is 374 Å². The van der Waals surface area contributed by atoms with E-state index in [0.29, 0.717) is 19.3 Å². The Balaban J connectivity index is 4.07. The lowest BCUT2D eigenvalue weighted by molar-refractivity contribution is -0.167. The Labute approximate surface area is 510 Å². The molecule has 0 aliphatic rings. The minimum atomic E-state index is -0.778. The van der Waals surface area contributed by atoms with E-state index in [0.717, 1.165) is 89.9 Å². The number of esters is 3.